The number of aryl methyl sites for hydroxylation is 1. The van der Waals surface area contributed by atoms with Gasteiger partial charge in [-0.3, -0.25) is 0 Å². The Morgan fingerprint density at radius 1 is 1.31 bits per heavy atom. The van der Waals surface area contributed by atoms with E-state index in [1.54, 1.807) is 0 Å². The van der Waals surface area contributed by atoms with E-state index in [0.717, 1.165) is 31.7 Å². The van der Waals surface area contributed by atoms with Crippen molar-refractivity contribution in [1.29, 1.82) is 0 Å². The van der Waals surface area contributed by atoms with E-state index in [-0.39, 0.29) is 12.4 Å². The Balaban J connectivity index is 0.00000128. The molecule has 1 aromatic carbocycles. The molecular weight excluding hydrogens is 245 g/mol. The molecule has 1 aliphatic heterocycles. The normalized spacial score (nSPS) is 16.6. The Morgan fingerprint density at radius 2 is 2.00 bits per heavy atom. The standard InChI is InChI=1S/C12H16ClNO.ClH/c1-9-2-3-11(13)12(8-9)15-10-4-6-14-7-5-10;/h2-3,8,10,14H,4-7H2,1H3;1H/p-1. The smallest absolute Gasteiger partial charge is 0.138 e. The van der Waals surface area contributed by atoms with Crippen molar-refractivity contribution in [3.63, 3.8) is 0 Å². The molecule has 1 N–H and O–H groups in total. The van der Waals surface area contributed by atoms with Gasteiger partial charge in [-0.05, 0) is 50.6 Å². The molecule has 90 valence electrons. The van der Waals surface area contributed by atoms with Crippen LogP contribution in [-0.4, -0.2) is 19.2 Å². The highest BCUT2D eigenvalue weighted by Gasteiger charge is 2.15. The molecule has 0 unspecified atom stereocenters. The summed E-state index contributed by atoms with van der Waals surface area (Å²) in [6.45, 7) is 4.12. The molecule has 0 aromatic heterocycles. The predicted molar refractivity (Wildman–Crippen MR) is 62.7 cm³/mol. The Kier molecular flexibility index (Phi) is 5.39. The van der Waals surface area contributed by atoms with Crippen LogP contribution in [0, 0.1) is 6.92 Å². The molecule has 0 saturated carbocycles. The fourth-order valence-electron chi connectivity index (χ4n) is 1.79. The Hall–Kier alpha value is -0.440. The maximum atomic E-state index is 6.07. The van der Waals surface area contributed by atoms with Crippen molar-refractivity contribution in [2.24, 2.45) is 0 Å². The van der Waals surface area contributed by atoms with Crippen LogP contribution in [0.15, 0.2) is 18.2 Å². The van der Waals surface area contributed by atoms with Gasteiger partial charge in [0.1, 0.15) is 11.9 Å². The van der Waals surface area contributed by atoms with Crippen LogP contribution in [0.3, 0.4) is 0 Å². The fourth-order valence-corrected chi connectivity index (χ4v) is 1.96. The zero-order chi connectivity index (χ0) is 10.7. The Labute approximate surface area is 108 Å². The second-order valence-electron chi connectivity index (χ2n) is 4.00. The maximum Gasteiger partial charge on any atom is 0.138 e. The van der Waals surface area contributed by atoms with Crippen molar-refractivity contribution in [3.8, 4) is 5.75 Å². The summed E-state index contributed by atoms with van der Waals surface area (Å²) in [7, 11) is 0. The molecule has 1 saturated heterocycles. The van der Waals surface area contributed by atoms with Gasteiger partial charge in [-0.1, -0.05) is 17.7 Å². The van der Waals surface area contributed by atoms with E-state index in [9.17, 15) is 0 Å². The summed E-state index contributed by atoms with van der Waals surface area (Å²) < 4.78 is 5.89. The zero-order valence-corrected chi connectivity index (χ0v) is 10.8. The molecule has 0 aliphatic carbocycles. The molecule has 16 heavy (non-hydrogen) atoms. The fraction of sp³-hybridized carbons (Fsp3) is 0.500. The lowest BCUT2D eigenvalue weighted by atomic mass is 10.1. The first kappa shape index (κ1) is 13.6. The van der Waals surface area contributed by atoms with Gasteiger partial charge in [0.05, 0.1) is 5.02 Å². The summed E-state index contributed by atoms with van der Waals surface area (Å²) >= 11 is 6.07. The van der Waals surface area contributed by atoms with Gasteiger partial charge in [0.25, 0.3) is 0 Å². The summed E-state index contributed by atoms with van der Waals surface area (Å²) in [6.07, 6.45) is 2.43. The number of ether oxygens (including phenoxy) is 1. The highest BCUT2D eigenvalue weighted by atomic mass is 35.5. The van der Waals surface area contributed by atoms with Crippen LogP contribution in [0.4, 0.5) is 0 Å². The van der Waals surface area contributed by atoms with E-state index < -0.39 is 0 Å². The van der Waals surface area contributed by atoms with Crippen LogP contribution in [0.5, 0.6) is 5.75 Å². The van der Waals surface area contributed by atoms with Gasteiger partial charge < -0.3 is 22.5 Å². The molecule has 0 radical (unpaired) electrons. The van der Waals surface area contributed by atoms with Gasteiger partial charge in [0, 0.05) is 0 Å². The molecule has 2 nitrogen and oxygen atoms in total. The van der Waals surface area contributed by atoms with Gasteiger partial charge in [-0.15, -0.1) is 0 Å². The molecule has 1 heterocycles. The van der Waals surface area contributed by atoms with Crippen molar-refractivity contribution in [1.82, 2.24) is 5.32 Å². The van der Waals surface area contributed by atoms with Crippen LogP contribution in [0.1, 0.15) is 18.4 Å². The quantitative estimate of drug-likeness (QED) is 0.795. The molecule has 0 amide bonds. The summed E-state index contributed by atoms with van der Waals surface area (Å²) in [4.78, 5) is 0. The van der Waals surface area contributed by atoms with Gasteiger partial charge in [0.15, 0.2) is 0 Å². The maximum absolute atomic E-state index is 6.07. The van der Waals surface area contributed by atoms with Crippen LogP contribution in [-0.2, 0) is 0 Å². The number of hydrogen-bond acceptors (Lipinski definition) is 2. The van der Waals surface area contributed by atoms with Crippen molar-refractivity contribution in [2.75, 3.05) is 13.1 Å². The molecule has 1 aromatic rings. The van der Waals surface area contributed by atoms with Crippen molar-refractivity contribution in [2.45, 2.75) is 25.9 Å². The third kappa shape index (κ3) is 3.55. The molecule has 0 atom stereocenters. The largest absolute Gasteiger partial charge is 1.00 e. The SMILES string of the molecule is Cc1ccc(Cl)c(OC2CCNCC2)c1.[Cl-]. The van der Waals surface area contributed by atoms with E-state index in [4.69, 9.17) is 16.3 Å². The first-order chi connectivity index (χ1) is 7.25. The minimum Gasteiger partial charge on any atom is -1.00 e. The molecular formula is C12H16Cl2NO-. The van der Waals surface area contributed by atoms with Gasteiger partial charge >= 0.3 is 0 Å². The van der Waals surface area contributed by atoms with Crippen molar-refractivity contribution < 1.29 is 17.1 Å². The number of benzene rings is 1. The van der Waals surface area contributed by atoms with Crippen LogP contribution in [0.2, 0.25) is 5.02 Å². The highest BCUT2D eigenvalue weighted by molar-refractivity contribution is 6.32. The van der Waals surface area contributed by atoms with E-state index in [1.165, 1.54) is 5.56 Å². The summed E-state index contributed by atoms with van der Waals surface area (Å²) in [5, 5.41) is 4.02. The monoisotopic (exact) mass is 260 g/mol. The lowest BCUT2D eigenvalue weighted by molar-refractivity contribution is -0.00000433. The summed E-state index contributed by atoms with van der Waals surface area (Å²) in [5.41, 5.74) is 1.18. The molecule has 1 aliphatic rings. The summed E-state index contributed by atoms with van der Waals surface area (Å²) in [6, 6.07) is 5.90. The van der Waals surface area contributed by atoms with E-state index in [0.29, 0.717) is 11.1 Å². The van der Waals surface area contributed by atoms with Gasteiger partial charge in [-0.25, -0.2) is 0 Å². The van der Waals surface area contributed by atoms with Crippen LogP contribution < -0.4 is 22.5 Å². The van der Waals surface area contributed by atoms with Crippen LogP contribution in [0.25, 0.3) is 0 Å². The molecule has 0 spiro atoms. The zero-order valence-electron chi connectivity index (χ0n) is 9.30. The van der Waals surface area contributed by atoms with E-state index in [1.807, 2.05) is 25.1 Å². The Morgan fingerprint density at radius 3 is 2.69 bits per heavy atom. The topological polar surface area (TPSA) is 21.3 Å². The number of piperidine rings is 1. The molecule has 4 heteroatoms. The first-order valence-electron chi connectivity index (χ1n) is 5.39. The predicted octanol–water partition coefficient (Wildman–Crippen LogP) is -0.217. The van der Waals surface area contributed by atoms with E-state index in [2.05, 4.69) is 5.32 Å². The highest BCUT2D eigenvalue weighted by Crippen LogP contribution is 2.27. The van der Waals surface area contributed by atoms with Gasteiger partial charge in [0.2, 0.25) is 0 Å². The number of hydrogen-bond donors (Lipinski definition) is 1. The molecule has 1 fully saturated rings. The molecule has 2 rings (SSSR count). The molecule has 0 bridgehead atoms. The summed E-state index contributed by atoms with van der Waals surface area (Å²) in [5.74, 6) is 0.823. The minimum atomic E-state index is 0. The van der Waals surface area contributed by atoms with Crippen LogP contribution >= 0.6 is 11.6 Å². The average Bonchev–Trinajstić information content (AvgIpc) is 2.25. The third-order valence-electron chi connectivity index (χ3n) is 2.67. The first-order valence-corrected chi connectivity index (χ1v) is 5.77. The number of rotatable bonds is 2. The van der Waals surface area contributed by atoms with Gasteiger partial charge in [-0.2, -0.15) is 0 Å². The van der Waals surface area contributed by atoms with Crippen molar-refractivity contribution >= 4 is 11.6 Å². The average molecular weight is 261 g/mol. The third-order valence-corrected chi connectivity index (χ3v) is 2.98. The lowest BCUT2D eigenvalue weighted by Crippen LogP contribution is -3.00. The van der Waals surface area contributed by atoms with Crippen molar-refractivity contribution in [3.05, 3.63) is 28.8 Å². The second-order valence-corrected chi connectivity index (χ2v) is 4.41. The number of nitrogens with one attached hydrogen (secondary N) is 1. The minimum absolute atomic E-state index is 0. The second kappa shape index (κ2) is 6.33. The van der Waals surface area contributed by atoms with E-state index >= 15 is 0 Å². The lowest BCUT2D eigenvalue weighted by Gasteiger charge is -2.24. The Bertz CT molecular complexity index is 338. The number of halogens is 2.